The number of alkyl halides is 5. The zero-order valence-corrected chi connectivity index (χ0v) is 9.77. The Bertz CT molecular complexity index is 737. The number of nitro benzene ring substituents is 1. The molecule has 1 aromatic carbocycles. The average Bonchev–Trinajstić information content (AvgIpc) is 2.79. The second kappa shape index (κ2) is 4.46. The van der Waals surface area contributed by atoms with Gasteiger partial charge in [0.2, 0.25) is 0 Å². The molecule has 2 rings (SSSR count). The van der Waals surface area contributed by atoms with Crippen LogP contribution in [0, 0.1) is 10.1 Å². The summed E-state index contributed by atoms with van der Waals surface area (Å²) >= 11 is 0. The fourth-order valence-electron chi connectivity index (χ4n) is 1.62. The first-order valence-electron chi connectivity index (χ1n) is 5.18. The quantitative estimate of drug-likeness (QED) is 0.485. The van der Waals surface area contributed by atoms with Gasteiger partial charge in [-0.1, -0.05) is 12.1 Å². The number of hydrogen-bond donors (Lipinski definition) is 0. The molecule has 0 amide bonds. The first-order valence-corrected chi connectivity index (χ1v) is 5.18. The summed E-state index contributed by atoms with van der Waals surface area (Å²) in [5.74, 6) is -8.42. The van der Waals surface area contributed by atoms with Crippen LogP contribution in [0.3, 0.4) is 0 Å². The fraction of sp³-hybridized carbons (Fsp3) is 0.200. The Hall–Kier alpha value is -2.59. The van der Waals surface area contributed by atoms with E-state index in [1.165, 1.54) is 12.1 Å². The summed E-state index contributed by atoms with van der Waals surface area (Å²) in [6.07, 6.45) is -5.35. The SMILES string of the molecule is O=C(n1ncc2cccc([N+](=O)[O-])c21)C(F)(F)C(F)(F)F. The third-order valence-corrected chi connectivity index (χ3v) is 2.58. The van der Waals surface area contributed by atoms with Gasteiger partial charge in [-0.15, -0.1) is 0 Å². The van der Waals surface area contributed by atoms with Crippen molar-refractivity contribution in [1.29, 1.82) is 0 Å². The van der Waals surface area contributed by atoms with Gasteiger partial charge in [-0.2, -0.15) is 31.7 Å². The van der Waals surface area contributed by atoms with Crippen LogP contribution in [0.25, 0.3) is 10.9 Å². The van der Waals surface area contributed by atoms with Gasteiger partial charge in [0.15, 0.2) is 5.52 Å². The van der Waals surface area contributed by atoms with Gasteiger partial charge in [0, 0.05) is 11.5 Å². The second-order valence-corrected chi connectivity index (χ2v) is 3.91. The Morgan fingerprint density at radius 3 is 2.38 bits per heavy atom. The second-order valence-electron chi connectivity index (χ2n) is 3.91. The van der Waals surface area contributed by atoms with E-state index in [9.17, 15) is 36.9 Å². The van der Waals surface area contributed by atoms with Crippen LogP contribution in [0.4, 0.5) is 27.6 Å². The maximum absolute atomic E-state index is 13.0. The number of rotatable bonds is 2. The molecule has 0 N–H and O–H groups in total. The summed E-state index contributed by atoms with van der Waals surface area (Å²) in [6, 6.07) is 3.23. The third-order valence-electron chi connectivity index (χ3n) is 2.58. The highest BCUT2D eigenvalue weighted by molar-refractivity contribution is 5.98. The van der Waals surface area contributed by atoms with Gasteiger partial charge in [-0.25, -0.2) is 0 Å². The molecule has 11 heteroatoms. The summed E-state index contributed by atoms with van der Waals surface area (Å²) in [5, 5.41) is 13.8. The van der Waals surface area contributed by atoms with E-state index in [-0.39, 0.29) is 10.1 Å². The van der Waals surface area contributed by atoms with E-state index >= 15 is 0 Å². The Balaban J connectivity index is 2.69. The average molecular weight is 309 g/mol. The van der Waals surface area contributed by atoms with Gasteiger partial charge in [0.05, 0.1) is 11.1 Å². The smallest absolute Gasteiger partial charge is 0.265 e. The standard InChI is InChI=1S/C10H4F5N3O3/c11-9(12,10(13,14)15)8(19)17-7-5(4-16-17)2-1-3-6(7)18(20)21/h1-4H. The normalized spacial score (nSPS) is 12.6. The Kier molecular flexibility index (Phi) is 3.15. The first-order chi connectivity index (χ1) is 9.57. The molecule has 0 unspecified atom stereocenters. The summed E-state index contributed by atoms with van der Waals surface area (Å²) in [7, 11) is 0. The number of carbonyl (C=O) groups excluding carboxylic acids is 1. The highest BCUT2D eigenvalue weighted by atomic mass is 19.4. The van der Waals surface area contributed by atoms with Crippen LogP contribution < -0.4 is 0 Å². The van der Waals surface area contributed by atoms with Crippen LogP contribution in [-0.4, -0.2) is 32.7 Å². The van der Waals surface area contributed by atoms with Crippen molar-refractivity contribution >= 4 is 22.5 Å². The predicted molar refractivity (Wildman–Crippen MR) is 58.0 cm³/mol. The molecule has 0 aliphatic carbocycles. The van der Waals surface area contributed by atoms with Crippen molar-refractivity contribution in [3.63, 3.8) is 0 Å². The molecule has 112 valence electrons. The molecule has 1 aromatic heterocycles. The van der Waals surface area contributed by atoms with Crippen molar-refractivity contribution in [3.8, 4) is 0 Å². The molecule has 21 heavy (non-hydrogen) atoms. The first kappa shape index (κ1) is 14.8. The summed E-state index contributed by atoms with van der Waals surface area (Å²) in [4.78, 5) is 21.1. The minimum Gasteiger partial charge on any atom is -0.265 e. The molecule has 0 fully saturated rings. The molecule has 0 spiro atoms. The molecule has 1 heterocycles. The van der Waals surface area contributed by atoms with E-state index in [1.54, 1.807) is 0 Å². The van der Waals surface area contributed by atoms with Crippen LogP contribution in [0.2, 0.25) is 0 Å². The number of carbonyl (C=O) groups is 1. The van der Waals surface area contributed by atoms with Crippen molar-refractivity contribution in [2.45, 2.75) is 12.1 Å². The van der Waals surface area contributed by atoms with E-state index < -0.39 is 34.1 Å². The number of para-hydroxylation sites is 1. The zero-order chi connectivity index (χ0) is 16.0. The van der Waals surface area contributed by atoms with Crippen LogP contribution in [-0.2, 0) is 0 Å². The largest absolute Gasteiger partial charge is 0.463 e. The van der Waals surface area contributed by atoms with Crippen LogP contribution in [0.1, 0.15) is 4.79 Å². The Morgan fingerprint density at radius 2 is 1.86 bits per heavy atom. The minimum atomic E-state index is -6.13. The maximum atomic E-state index is 13.0. The van der Waals surface area contributed by atoms with Crippen molar-refractivity contribution < 1.29 is 31.7 Å². The molecule has 0 saturated heterocycles. The van der Waals surface area contributed by atoms with Gasteiger partial charge in [0.1, 0.15) is 0 Å². The van der Waals surface area contributed by atoms with Gasteiger partial charge in [0.25, 0.3) is 5.69 Å². The predicted octanol–water partition coefficient (Wildman–Crippen LogP) is 2.78. The van der Waals surface area contributed by atoms with Crippen molar-refractivity contribution in [3.05, 3.63) is 34.5 Å². The lowest BCUT2D eigenvalue weighted by Gasteiger charge is -2.17. The summed E-state index contributed by atoms with van der Waals surface area (Å²) in [6.45, 7) is 0. The molecule has 0 aliphatic rings. The molecule has 2 aromatic rings. The molecule has 0 saturated carbocycles. The van der Waals surface area contributed by atoms with Crippen molar-refractivity contribution in [2.75, 3.05) is 0 Å². The lowest BCUT2D eigenvalue weighted by Crippen LogP contribution is -2.47. The zero-order valence-electron chi connectivity index (χ0n) is 9.77. The van der Waals surface area contributed by atoms with Gasteiger partial charge in [-0.3, -0.25) is 14.9 Å². The minimum absolute atomic E-state index is 0.115. The van der Waals surface area contributed by atoms with Crippen LogP contribution in [0.15, 0.2) is 24.4 Å². The summed E-state index contributed by atoms with van der Waals surface area (Å²) in [5.41, 5.74) is -1.53. The van der Waals surface area contributed by atoms with Crippen LogP contribution in [0.5, 0.6) is 0 Å². The molecule has 0 atom stereocenters. The fourth-order valence-corrected chi connectivity index (χ4v) is 1.62. The summed E-state index contributed by atoms with van der Waals surface area (Å²) < 4.78 is 62.3. The van der Waals surface area contributed by atoms with Gasteiger partial charge in [-0.05, 0) is 0 Å². The number of benzene rings is 1. The lowest BCUT2D eigenvalue weighted by atomic mass is 10.2. The van der Waals surface area contributed by atoms with E-state index in [1.807, 2.05) is 0 Å². The number of fused-ring (bicyclic) bond motifs is 1. The molecule has 0 bridgehead atoms. The van der Waals surface area contributed by atoms with Crippen LogP contribution >= 0.6 is 0 Å². The molecule has 0 radical (unpaired) electrons. The third kappa shape index (κ3) is 2.19. The Labute approximate surface area is 111 Å². The van der Waals surface area contributed by atoms with E-state index in [0.717, 1.165) is 12.3 Å². The number of non-ortho nitro benzene ring substituents is 1. The van der Waals surface area contributed by atoms with Crippen molar-refractivity contribution in [1.82, 2.24) is 9.78 Å². The van der Waals surface area contributed by atoms with E-state index in [0.29, 0.717) is 0 Å². The molecular formula is C10H4F5N3O3. The molecule has 6 nitrogen and oxygen atoms in total. The molecular weight excluding hydrogens is 305 g/mol. The van der Waals surface area contributed by atoms with Crippen molar-refractivity contribution in [2.24, 2.45) is 0 Å². The number of nitro groups is 1. The van der Waals surface area contributed by atoms with Gasteiger partial charge >= 0.3 is 18.0 Å². The number of hydrogen-bond acceptors (Lipinski definition) is 4. The van der Waals surface area contributed by atoms with Gasteiger partial charge < -0.3 is 0 Å². The van der Waals surface area contributed by atoms with E-state index in [4.69, 9.17) is 0 Å². The number of nitrogens with zero attached hydrogens (tertiary/aromatic N) is 3. The maximum Gasteiger partial charge on any atom is 0.463 e. The number of halogens is 5. The monoisotopic (exact) mass is 309 g/mol. The lowest BCUT2D eigenvalue weighted by molar-refractivity contribution is -0.383. The highest BCUT2D eigenvalue weighted by Crippen LogP contribution is 2.37. The topological polar surface area (TPSA) is 78.0 Å². The Morgan fingerprint density at radius 1 is 1.24 bits per heavy atom. The molecule has 0 aliphatic heterocycles. The van der Waals surface area contributed by atoms with E-state index in [2.05, 4.69) is 5.10 Å². The highest BCUT2D eigenvalue weighted by Gasteiger charge is 2.64. The number of aromatic nitrogens is 2.